The summed E-state index contributed by atoms with van der Waals surface area (Å²) in [4.78, 5) is 18.6. The van der Waals surface area contributed by atoms with E-state index in [4.69, 9.17) is 13.9 Å². The van der Waals surface area contributed by atoms with Gasteiger partial charge >= 0.3 is 5.97 Å². The standard InChI is InChI=1S/C30H38N2O5/c1-21-9-7-12-24(15-21)29-31-28(22(2)37-29)20-36-27-14-8-13-26(16-27)35-19-25(30(33)34)18-32(3)17-23-10-5-4-6-11-23/h4-7,9-12,15,25-27H,8,13-14,16-20H2,1-3H3,(H,33,34)/t25?,26-,27+/m1/s1. The largest absolute Gasteiger partial charge is 0.481 e. The average Bonchev–Trinajstić information content (AvgIpc) is 3.26. The number of oxazole rings is 1. The Labute approximate surface area is 219 Å². The van der Waals surface area contributed by atoms with Crippen LogP contribution in [0, 0.1) is 19.8 Å². The Morgan fingerprint density at radius 2 is 1.86 bits per heavy atom. The number of aryl methyl sites for hydroxylation is 2. The van der Waals surface area contributed by atoms with E-state index < -0.39 is 11.9 Å². The molecule has 1 aromatic heterocycles. The summed E-state index contributed by atoms with van der Waals surface area (Å²) in [6.07, 6.45) is 3.69. The number of aromatic nitrogens is 1. The first-order chi connectivity index (χ1) is 17.9. The molecule has 4 rings (SSSR count). The summed E-state index contributed by atoms with van der Waals surface area (Å²) >= 11 is 0. The highest BCUT2D eigenvalue weighted by molar-refractivity contribution is 5.70. The molecule has 0 amide bonds. The maximum Gasteiger partial charge on any atom is 0.310 e. The van der Waals surface area contributed by atoms with Crippen LogP contribution in [0.3, 0.4) is 0 Å². The molecule has 0 bridgehead atoms. The minimum absolute atomic E-state index is 0.00119. The molecule has 1 aliphatic rings. The van der Waals surface area contributed by atoms with E-state index in [2.05, 4.69) is 23.2 Å². The lowest BCUT2D eigenvalue weighted by Gasteiger charge is -2.30. The fourth-order valence-corrected chi connectivity index (χ4v) is 4.86. The maximum atomic E-state index is 11.9. The van der Waals surface area contributed by atoms with Gasteiger partial charge < -0.3 is 23.9 Å². The molecule has 7 heteroatoms. The number of hydrogen-bond donors (Lipinski definition) is 1. The van der Waals surface area contributed by atoms with Crippen molar-refractivity contribution in [2.24, 2.45) is 5.92 Å². The molecule has 7 nitrogen and oxygen atoms in total. The first-order valence-corrected chi connectivity index (χ1v) is 13.1. The molecule has 1 heterocycles. The number of carboxylic acids is 1. The average molecular weight is 507 g/mol. The van der Waals surface area contributed by atoms with Crippen LogP contribution in [-0.2, 0) is 27.4 Å². The van der Waals surface area contributed by atoms with Crippen molar-refractivity contribution in [2.45, 2.75) is 64.9 Å². The molecule has 0 aliphatic heterocycles. The quantitative estimate of drug-likeness (QED) is 0.340. The van der Waals surface area contributed by atoms with Gasteiger partial charge in [-0.25, -0.2) is 4.98 Å². The fourth-order valence-electron chi connectivity index (χ4n) is 4.86. The number of nitrogens with zero attached hydrogens (tertiary/aromatic N) is 2. The number of rotatable bonds is 12. The van der Waals surface area contributed by atoms with Crippen LogP contribution in [0.4, 0.5) is 0 Å². The number of ether oxygens (including phenoxy) is 2. The van der Waals surface area contributed by atoms with Gasteiger partial charge in [0.1, 0.15) is 11.5 Å². The van der Waals surface area contributed by atoms with Crippen LogP contribution in [-0.4, -0.2) is 53.4 Å². The molecule has 37 heavy (non-hydrogen) atoms. The minimum Gasteiger partial charge on any atom is -0.481 e. The molecule has 0 spiro atoms. The van der Waals surface area contributed by atoms with Crippen molar-refractivity contribution in [3.8, 4) is 11.5 Å². The van der Waals surface area contributed by atoms with Crippen LogP contribution in [0.25, 0.3) is 11.5 Å². The summed E-state index contributed by atoms with van der Waals surface area (Å²) < 4.78 is 18.2. The van der Waals surface area contributed by atoms with E-state index in [1.54, 1.807) is 0 Å². The highest BCUT2D eigenvalue weighted by atomic mass is 16.5. The van der Waals surface area contributed by atoms with Gasteiger partial charge in [-0.1, -0.05) is 48.0 Å². The van der Waals surface area contributed by atoms with E-state index in [0.717, 1.165) is 53.8 Å². The van der Waals surface area contributed by atoms with Crippen molar-refractivity contribution in [2.75, 3.05) is 20.2 Å². The predicted octanol–water partition coefficient (Wildman–Crippen LogP) is 5.64. The Bertz CT molecular complexity index is 1150. The molecule has 1 unspecified atom stereocenters. The second kappa shape index (κ2) is 13.0. The van der Waals surface area contributed by atoms with Crippen LogP contribution in [0.1, 0.15) is 48.3 Å². The summed E-state index contributed by atoms with van der Waals surface area (Å²) in [5.74, 6) is -0.0205. The Morgan fingerprint density at radius 3 is 2.59 bits per heavy atom. The van der Waals surface area contributed by atoms with Gasteiger partial charge in [-0.15, -0.1) is 0 Å². The van der Waals surface area contributed by atoms with Crippen molar-refractivity contribution < 1.29 is 23.8 Å². The normalized spacial score (nSPS) is 18.7. The zero-order valence-electron chi connectivity index (χ0n) is 22.1. The molecule has 0 saturated heterocycles. The molecule has 3 aromatic rings. The van der Waals surface area contributed by atoms with Crippen LogP contribution < -0.4 is 0 Å². The van der Waals surface area contributed by atoms with E-state index >= 15 is 0 Å². The fraction of sp³-hybridized carbons (Fsp3) is 0.467. The SMILES string of the molecule is Cc1cccc(-c2nc(CO[C@H]3CCC[C@@H](OCC(CN(C)Cc4ccccc4)C(=O)O)C3)c(C)o2)c1. The molecule has 0 radical (unpaired) electrons. The lowest BCUT2D eigenvalue weighted by molar-refractivity contribution is -0.146. The number of carboxylic acid groups (broad SMARTS) is 1. The highest BCUT2D eigenvalue weighted by Gasteiger charge is 2.27. The van der Waals surface area contributed by atoms with Gasteiger partial charge in [-0.3, -0.25) is 4.79 Å². The van der Waals surface area contributed by atoms with E-state index in [0.29, 0.717) is 25.6 Å². The first-order valence-electron chi connectivity index (χ1n) is 13.1. The third kappa shape index (κ3) is 7.99. The van der Waals surface area contributed by atoms with E-state index in [1.807, 2.05) is 62.2 Å². The third-order valence-corrected chi connectivity index (χ3v) is 6.90. The Balaban J connectivity index is 1.25. The van der Waals surface area contributed by atoms with Crippen LogP contribution >= 0.6 is 0 Å². The number of benzene rings is 2. The number of aliphatic carboxylic acids is 1. The van der Waals surface area contributed by atoms with Gasteiger partial charge in [0.2, 0.25) is 5.89 Å². The van der Waals surface area contributed by atoms with Crippen LogP contribution in [0.5, 0.6) is 0 Å². The van der Waals surface area contributed by atoms with Gasteiger partial charge in [0.25, 0.3) is 0 Å². The molecular weight excluding hydrogens is 468 g/mol. The van der Waals surface area contributed by atoms with Gasteiger partial charge in [-0.2, -0.15) is 0 Å². The Kier molecular flexibility index (Phi) is 9.50. The summed E-state index contributed by atoms with van der Waals surface area (Å²) in [5.41, 5.74) is 4.10. The second-order valence-electron chi connectivity index (χ2n) is 10.2. The molecular formula is C30H38N2O5. The lowest BCUT2D eigenvalue weighted by atomic mass is 9.94. The summed E-state index contributed by atoms with van der Waals surface area (Å²) in [5, 5.41) is 9.76. The molecule has 1 aliphatic carbocycles. The first kappa shape index (κ1) is 27.0. The lowest BCUT2D eigenvalue weighted by Crippen LogP contribution is -2.36. The number of carbonyl (C=O) groups is 1. The Hall–Kier alpha value is -3.00. The zero-order valence-corrected chi connectivity index (χ0v) is 22.1. The monoisotopic (exact) mass is 506 g/mol. The third-order valence-electron chi connectivity index (χ3n) is 6.90. The molecule has 1 saturated carbocycles. The topological polar surface area (TPSA) is 85.0 Å². The van der Waals surface area contributed by atoms with Crippen molar-refractivity contribution >= 4 is 5.97 Å². The second-order valence-corrected chi connectivity index (χ2v) is 10.2. The number of hydrogen-bond acceptors (Lipinski definition) is 6. The van der Waals surface area contributed by atoms with Crippen LogP contribution in [0.15, 0.2) is 59.0 Å². The molecule has 3 atom stereocenters. The van der Waals surface area contributed by atoms with E-state index in [-0.39, 0.29) is 18.8 Å². The van der Waals surface area contributed by atoms with Crippen molar-refractivity contribution in [3.05, 3.63) is 77.2 Å². The summed E-state index contributed by atoms with van der Waals surface area (Å²) in [6.45, 7) is 5.70. The van der Waals surface area contributed by atoms with Crippen molar-refractivity contribution in [3.63, 3.8) is 0 Å². The predicted molar refractivity (Wildman–Crippen MR) is 142 cm³/mol. The summed E-state index contributed by atoms with van der Waals surface area (Å²) in [7, 11) is 1.95. The Morgan fingerprint density at radius 1 is 1.11 bits per heavy atom. The van der Waals surface area contributed by atoms with Gasteiger partial charge in [0, 0.05) is 18.7 Å². The van der Waals surface area contributed by atoms with E-state index in [1.165, 1.54) is 0 Å². The smallest absolute Gasteiger partial charge is 0.310 e. The van der Waals surface area contributed by atoms with Gasteiger partial charge in [-0.05, 0) is 64.3 Å². The van der Waals surface area contributed by atoms with Gasteiger partial charge in [0.05, 0.1) is 31.3 Å². The van der Waals surface area contributed by atoms with E-state index in [9.17, 15) is 9.90 Å². The zero-order chi connectivity index (χ0) is 26.2. The van der Waals surface area contributed by atoms with Crippen molar-refractivity contribution in [1.82, 2.24) is 9.88 Å². The molecule has 2 aromatic carbocycles. The van der Waals surface area contributed by atoms with Gasteiger partial charge in [0.15, 0.2) is 0 Å². The summed E-state index contributed by atoms with van der Waals surface area (Å²) in [6, 6.07) is 18.2. The molecule has 1 N–H and O–H groups in total. The maximum absolute atomic E-state index is 11.9. The molecule has 198 valence electrons. The van der Waals surface area contributed by atoms with Crippen LogP contribution in [0.2, 0.25) is 0 Å². The highest BCUT2D eigenvalue weighted by Crippen LogP contribution is 2.27. The molecule has 1 fully saturated rings. The minimum atomic E-state index is -0.825. The van der Waals surface area contributed by atoms with Crippen molar-refractivity contribution in [1.29, 1.82) is 0 Å².